The van der Waals surface area contributed by atoms with Crippen LogP contribution in [-0.4, -0.2) is 0 Å². The molecule has 0 saturated heterocycles. The van der Waals surface area contributed by atoms with Gasteiger partial charge in [-0.25, -0.2) is 0 Å². The molecule has 0 aliphatic heterocycles. The molecule has 0 aromatic rings. The molecule has 0 aliphatic rings. The summed E-state index contributed by atoms with van der Waals surface area (Å²) in [5.74, 6) is 0. The predicted octanol–water partition coefficient (Wildman–Crippen LogP) is 3.64. The first-order valence-corrected chi connectivity index (χ1v) is 3.89. The molecule has 0 aliphatic carbocycles. The van der Waals surface area contributed by atoms with Crippen LogP contribution in [0.3, 0.4) is 0 Å². The average Bonchev–Trinajstić information content (AvgIpc) is 2.00. The summed E-state index contributed by atoms with van der Waals surface area (Å²) in [5.41, 5.74) is 2.24. The van der Waals surface area contributed by atoms with Crippen LogP contribution in [0.15, 0.2) is 49.1 Å². The van der Waals surface area contributed by atoms with Crippen LogP contribution in [-0.2, 0) is 0 Å². The van der Waals surface area contributed by atoms with Crippen molar-refractivity contribution in [2.45, 2.75) is 19.8 Å². The molecule has 11 heavy (non-hydrogen) atoms. The van der Waals surface area contributed by atoms with Gasteiger partial charge in [0.05, 0.1) is 0 Å². The van der Waals surface area contributed by atoms with Crippen LogP contribution >= 0.6 is 0 Å². The molecular weight excluding hydrogens is 132 g/mol. The third-order valence-corrected chi connectivity index (χ3v) is 1.48. The van der Waals surface area contributed by atoms with E-state index in [1.165, 1.54) is 0 Å². The fourth-order valence-electron chi connectivity index (χ4n) is 0.903. The van der Waals surface area contributed by atoms with E-state index in [0.29, 0.717) is 0 Å². The molecule has 0 aromatic heterocycles. The Morgan fingerprint density at radius 3 is 2.36 bits per heavy atom. The molecule has 60 valence electrons. The van der Waals surface area contributed by atoms with Crippen LogP contribution in [0.4, 0.5) is 0 Å². The van der Waals surface area contributed by atoms with Gasteiger partial charge in [0, 0.05) is 0 Å². The van der Waals surface area contributed by atoms with E-state index in [1.807, 2.05) is 12.2 Å². The second-order valence-electron chi connectivity index (χ2n) is 2.42. The van der Waals surface area contributed by atoms with Crippen molar-refractivity contribution in [3.8, 4) is 0 Å². The molecule has 0 heteroatoms. The van der Waals surface area contributed by atoms with Gasteiger partial charge in [-0.1, -0.05) is 51.3 Å². The van der Waals surface area contributed by atoms with Crippen molar-refractivity contribution in [1.82, 2.24) is 0 Å². The van der Waals surface area contributed by atoms with Crippen molar-refractivity contribution in [2.75, 3.05) is 0 Å². The van der Waals surface area contributed by atoms with E-state index in [9.17, 15) is 0 Å². The quantitative estimate of drug-likeness (QED) is 0.522. The normalized spacial score (nSPS) is 10.8. The maximum Gasteiger partial charge on any atom is -0.0237 e. The van der Waals surface area contributed by atoms with Crippen LogP contribution in [0.1, 0.15) is 19.8 Å². The molecule has 0 spiro atoms. The Morgan fingerprint density at radius 1 is 1.36 bits per heavy atom. The topological polar surface area (TPSA) is 0 Å². The second kappa shape index (κ2) is 5.72. The van der Waals surface area contributed by atoms with Gasteiger partial charge >= 0.3 is 0 Å². The molecule has 0 saturated carbocycles. The molecule has 0 aromatic carbocycles. The molecular formula is C11H16. The van der Waals surface area contributed by atoms with Crippen molar-refractivity contribution in [1.29, 1.82) is 0 Å². The van der Waals surface area contributed by atoms with Gasteiger partial charge in [-0.15, -0.1) is 0 Å². The van der Waals surface area contributed by atoms with Crippen molar-refractivity contribution >= 4 is 0 Å². The Balaban J connectivity index is 4.25. The van der Waals surface area contributed by atoms with Crippen LogP contribution in [0.2, 0.25) is 0 Å². The fraction of sp³-hybridized carbons (Fsp3) is 0.273. The Hall–Kier alpha value is -1.04. The zero-order valence-electron chi connectivity index (χ0n) is 7.27. The van der Waals surface area contributed by atoms with E-state index in [-0.39, 0.29) is 0 Å². The summed E-state index contributed by atoms with van der Waals surface area (Å²) in [6.45, 7) is 13.4. The minimum absolute atomic E-state index is 1.03. The highest BCUT2D eigenvalue weighted by molar-refractivity contribution is 5.38. The van der Waals surface area contributed by atoms with Crippen molar-refractivity contribution in [3.05, 3.63) is 49.1 Å². The highest BCUT2D eigenvalue weighted by atomic mass is 14.0. The monoisotopic (exact) mass is 148 g/mol. The van der Waals surface area contributed by atoms with Crippen LogP contribution in [0.25, 0.3) is 0 Å². The van der Waals surface area contributed by atoms with E-state index in [1.54, 1.807) is 6.08 Å². The lowest BCUT2D eigenvalue weighted by atomic mass is 10.0. The third-order valence-electron chi connectivity index (χ3n) is 1.48. The SMILES string of the molecule is C=C/C=C(\C=C)C(=C)CCC. The Kier molecular flexibility index (Phi) is 5.18. The molecule has 0 fully saturated rings. The first-order valence-electron chi connectivity index (χ1n) is 3.89. The zero-order chi connectivity index (χ0) is 8.69. The summed E-state index contributed by atoms with van der Waals surface area (Å²) < 4.78 is 0. The van der Waals surface area contributed by atoms with Gasteiger partial charge in [0.25, 0.3) is 0 Å². The number of rotatable bonds is 5. The molecule has 0 nitrogen and oxygen atoms in total. The van der Waals surface area contributed by atoms with Crippen molar-refractivity contribution in [2.24, 2.45) is 0 Å². The van der Waals surface area contributed by atoms with Crippen LogP contribution in [0.5, 0.6) is 0 Å². The lowest BCUT2D eigenvalue weighted by molar-refractivity contribution is 0.921. The highest BCUT2D eigenvalue weighted by Crippen LogP contribution is 2.14. The van der Waals surface area contributed by atoms with Gasteiger partial charge in [0.15, 0.2) is 0 Å². The average molecular weight is 148 g/mol. The van der Waals surface area contributed by atoms with Gasteiger partial charge in [-0.3, -0.25) is 0 Å². The lowest BCUT2D eigenvalue weighted by Crippen LogP contribution is -1.83. The number of hydrogen-bond acceptors (Lipinski definition) is 0. The summed E-state index contributed by atoms with van der Waals surface area (Å²) in [7, 11) is 0. The highest BCUT2D eigenvalue weighted by Gasteiger charge is 1.94. The molecule has 0 heterocycles. The van der Waals surface area contributed by atoms with E-state index in [2.05, 4.69) is 26.7 Å². The van der Waals surface area contributed by atoms with Gasteiger partial charge in [-0.05, 0) is 17.6 Å². The van der Waals surface area contributed by atoms with E-state index >= 15 is 0 Å². The first-order chi connectivity index (χ1) is 5.26. The standard InChI is InChI=1S/C11H16/c1-5-8-10(4)11(7-3)9-6-2/h6-7,9H,2-5,8H2,1H3/b11-9+. The lowest BCUT2D eigenvalue weighted by Gasteiger charge is -2.02. The largest absolute Gasteiger partial charge is 0.0990 e. The summed E-state index contributed by atoms with van der Waals surface area (Å²) in [4.78, 5) is 0. The Morgan fingerprint density at radius 2 is 2.00 bits per heavy atom. The minimum atomic E-state index is 1.03. The summed E-state index contributed by atoms with van der Waals surface area (Å²) >= 11 is 0. The summed E-state index contributed by atoms with van der Waals surface area (Å²) in [6.07, 6.45) is 7.68. The predicted molar refractivity (Wildman–Crippen MR) is 52.5 cm³/mol. The van der Waals surface area contributed by atoms with Crippen molar-refractivity contribution < 1.29 is 0 Å². The molecule has 0 unspecified atom stereocenters. The number of allylic oxidation sites excluding steroid dienone is 5. The Bertz CT molecular complexity index is 182. The molecule has 0 N–H and O–H groups in total. The van der Waals surface area contributed by atoms with Gasteiger partial charge in [0.1, 0.15) is 0 Å². The molecule has 0 radical (unpaired) electrons. The van der Waals surface area contributed by atoms with Gasteiger partial charge < -0.3 is 0 Å². The molecule has 0 atom stereocenters. The van der Waals surface area contributed by atoms with Crippen LogP contribution in [0, 0.1) is 0 Å². The van der Waals surface area contributed by atoms with Crippen molar-refractivity contribution in [3.63, 3.8) is 0 Å². The van der Waals surface area contributed by atoms with Gasteiger partial charge in [-0.2, -0.15) is 0 Å². The smallest absolute Gasteiger partial charge is 0.0237 e. The minimum Gasteiger partial charge on any atom is -0.0990 e. The first kappa shape index (κ1) is 9.96. The molecule has 0 rings (SSSR count). The van der Waals surface area contributed by atoms with E-state index in [0.717, 1.165) is 24.0 Å². The summed E-state index contributed by atoms with van der Waals surface area (Å²) in [6, 6.07) is 0. The molecule has 0 bridgehead atoms. The van der Waals surface area contributed by atoms with E-state index in [4.69, 9.17) is 0 Å². The van der Waals surface area contributed by atoms with Gasteiger partial charge in [0.2, 0.25) is 0 Å². The maximum absolute atomic E-state index is 3.95. The fourth-order valence-corrected chi connectivity index (χ4v) is 0.903. The summed E-state index contributed by atoms with van der Waals surface area (Å²) in [5, 5.41) is 0. The number of hydrogen-bond donors (Lipinski definition) is 0. The van der Waals surface area contributed by atoms with Crippen LogP contribution < -0.4 is 0 Å². The third kappa shape index (κ3) is 3.61. The Labute approximate surface area is 69.6 Å². The second-order valence-corrected chi connectivity index (χ2v) is 2.42. The maximum atomic E-state index is 3.95. The zero-order valence-corrected chi connectivity index (χ0v) is 7.27. The molecule has 0 amide bonds. The van der Waals surface area contributed by atoms with E-state index < -0.39 is 0 Å².